The van der Waals surface area contributed by atoms with Crippen molar-refractivity contribution in [3.8, 4) is 0 Å². The third-order valence-electron chi connectivity index (χ3n) is 5.62. The molecule has 1 aliphatic heterocycles. The van der Waals surface area contributed by atoms with Crippen LogP contribution < -0.4 is 10.2 Å². The van der Waals surface area contributed by atoms with Crippen molar-refractivity contribution in [2.45, 2.75) is 57.0 Å². The van der Waals surface area contributed by atoms with E-state index in [1.165, 1.54) is 12.8 Å². The number of hydrogen-bond donors (Lipinski definition) is 1. The predicted molar refractivity (Wildman–Crippen MR) is 109 cm³/mol. The molecule has 146 valence electrons. The van der Waals surface area contributed by atoms with Crippen molar-refractivity contribution in [1.82, 2.24) is 10.3 Å². The molecule has 4 rings (SSSR count). The summed E-state index contributed by atoms with van der Waals surface area (Å²) < 4.78 is 0. The summed E-state index contributed by atoms with van der Waals surface area (Å²) in [6.45, 7) is 0. The van der Waals surface area contributed by atoms with Gasteiger partial charge in [-0.15, -0.1) is 0 Å². The van der Waals surface area contributed by atoms with Gasteiger partial charge < -0.3 is 5.32 Å². The fourth-order valence-electron chi connectivity index (χ4n) is 4.23. The van der Waals surface area contributed by atoms with Crippen LogP contribution in [0.1, 0.15) is 67.0 Å². The Balaban J connectivity index is 1.57. The van der Waals surface area contributed by atoms with E-state index in [-0.39, 0.29) is 24.3 Å². The number of carbonyl (C=O) groups is 2. The van der Waals surface area contributed by atoms with E-state index in [1.54, 1.807) is 35.4 Å². The first-order valence-corrected chi connectivity index (χ1v) is 10.3. The standard InChI is InChI=1S/C22H24ClN3O2/c23-15-9-11-17(12-10-15)26-19(21-18(22(26)28)8-5-13-24-21)14-20(27)25-16-6-3-1-2-4-7-16/h5,8-13,16,19H,1-4,6-7,14H2,(H,25,27)/t19-/m0/s1. The SMILES string of the molecule is O=C(C[C@H]1c2ncccc2C(=O)N1c1ccc(Cl)cc1)NC1CCCCCC1. The Labute approximate surface area is 170 Å². The summed E-state index contributed by atoms with van der Waals surface area (Å²) in [5.41, 5.74) is 1.95. The van der Waals surface area contributed by atoms with E-state index in [1.807, 2.05) is 12.1 Å². The van der Waals surface area contributed by atoms with Crippen LogP contribution in [0.4, 0.5) is 5.69 Å². The molecular formula is C22H24ClN3O2. The molecule has 1 aromatic heterocycles. The summed E-state index contributed by atoms with van der Waals surface area (Å²) >= 11 is 6.01. The van der Waals surface area contributed by atoms with E-state index >= 15 is 0 Å². The van der Waals surface area contributed by atoms with Gasteiger partial charge in [-0.05, 0) is 49.2 Å². The first-order chi connectivity index (χ1) is 13.6. The van der Waals surface area contributed by atoms with Gasteiger partial charge in [0, 0.05) is 22.9 Å². The van der Waals surface area contributed by atoms with E-state index < -0.39 is 6.04 Å². The van der Waals surface area contributed by atoms with E-state index in [0.29, 0.717) is 16.3 Å². The van der Waals surface area contributed by atoms with Crippen LogP contribution in [-0.2, 0) is 4.79 Å². The molecule has 1 fully saturated rings. The number of halogens is 1. The number of rotatable bonds is 4. The van der Waals surface area contributed by atoms with E-state index in [9.17, 15) is 9.59 Å². The number of fused-ring (bicyclic) bond motifs is 1. The maximum Gasteiger partial charge on any atom is 0.260 e. The Bertz CT molecular complexity index is 860. The second-order valence-corrected chi connectivity index (χ2v) is 8.00. The quantitative estimate of drug-likeness (QED) is 0.763. The van der Waals surface area contributed by atoms with Crippen LogP contribution >= 0.6 is 11.6 Å². The van der Waals surface area contributed by atoms with Gasteiger partial charge >= 0.3 is 0 Å². The van der Waals surface area contributed by atoms with Gasteiger partial charge in [-0.1, -0.05) is 37.3 Å². The number of aromatic nitrogens is 1. The predicted octanol–water partition coefficient (Wildman–Crippen LogP) is 4.67. The molecule has 5 nitrogen and oxygen atoms in total. The number of anilines is 1. The molecule has 1 N–H and O–H groups in total. The average molecular weight is 398 g/mol. The molecule has 6 heteroatoms. The third-order valence-corrected chi connectivity index (χ3v) is 5.87. The van der Waals surface area contributed by atoms with E-state index in [2.05, 4.69) is 10.3 Å². The maximum absolute atomic E-state index is 13.0. The lowest BCUT2D eigenvalue weighted by Crippen LogP contribution is -2.37. The second kappa shape index (κ2) is 8.31. The van der Waals surface area contributed by atoms with E-state index in [0.717, 1.165) is 31.4 Å². The van der Waals surface area contributed by atoms with Crippen LogP contribution in [0, 0.1) is 0 Å². The minimum Gasteiger partial charge on any atom is -0.353 e. The second-order valence-electron chi connectivity index (χ2n) is 7.56. The van der Waals surface area contributed by atoms with Crippen molar-refractivity contribution in [3.05, 3.63) is 58.9 Å². The van der Waals surface area contributed by atoms with Crippen LogP contribution in [0.5, 0.6) is 0 Å². The van der Waals surface area contributed by atoms with Gasteiger partial charge in [0.1, 0.15) is 0 Å². The molecule has 0 bridgehead atoms. The zero-order chi connectivity index (χ0) is 19.5. The fraction of sp³-hybridized carbons (Fsp3) is 0.409. The Morgan fingerprint density at radius 3 is 2.54 bits per heavy atom. The minimum atomic E-state index is -0.407. The maximum atomic E-state index is 13.0. The summed E-state index contributed by atoms with van der Waals surface area (Å²) in [6.07, 6.45) is 8.75. The van der Waals surface area contributed by atoms with Crippen molar-refractivity contribution in [3.63, 3.8) is 0 Å². The van der Waals surface area contributed by atoms with Crippen molar-refractivity contribution < 1.29 is 9.59 Å². The molecule has 1 atom stereocenters. The summed E-state index contributed by atoms with van der Waals surface area (Å²) in [4.78, 5) is 32.0. The third kappa shape index (κ3) is 3.90. The Morgan fingerprint density at radius 2 is 1.82 bits per heavy atom. The smallest absolute Gasteiger partial charge is 0.260 e. The lowest BCUT2D eigenvalue weighted by Gasteiger charge is -2.25. The van der Waals surface area contributed by atoms with Gasteiger partial charge in [0.15, 0.2) is 0 Å². The normalized spacial score (nSPS) is 20.0. The Hall–Kier alpha value is -2.40. The molecule has 1 saturated carbocycles. The first-order valence-electron chi connectivity index (χ1n) is 9.97. The molecule has 2 aromatic rings. The van der Waals surface area contributed by atoms with Gasteiger partial charge in [-0.25, -0.2) is 0 Å². The summed E-state index contributed by atoms with van der Waals surface area (Å²) in [5.74, 6) is -0.153. The number of carbonyl (C=O) groups excluding carboxylic acids is 2. The van der Waals surface area contributed by atoms with Crippen molar-refractivity contribution in [1.29, 1.82) is 0 Å². The van der Waals surface area contributed by atoms with Crippen LogP contribution in [0.3, 0.4) is 0 Å². The molecule has 2 heterocycles. The number of benzene rings is 1. The van der Waals surface area contributed by atoms with Gasteiger partial charge in [0.25, 0.3) is 5.91 Å². The molecule has 2 aliphatic rings. The summed E-state index contributed by atoms with van der Waals surface area (Å²) in [5, 5.41) is 3.79. The van der Waals surface area contributed by atoms with Gasteiger partial charge in [0.2, 0.25) is 5.91 Å². The van der Waals surface area contributed by atoms with Crippen LogP contribution in [0.15, 0.2) is 42.6 Å². The molecule has 0 unspecified atom stereocenters. The monoisotopic (exact) mass is 397 g/mol. The number of nitrogens with zero attached hydrogens (tertiary/aromatic N) is 2. The van der Waals surface area contributed by atoms with Crippen molar-refractivity contribution >= 4 is 29.1 Å². The highest BCUT2D eigenvalue weighted by Crippen LogP contribution is 2.38. The molecule has 1 aliphatic carbocycles. The highest BCUT2D eigenvalue weighted by atomic mass is 35.5. The number of hydrogen-bond acceptors (Lipinski definition) is 3. The van der Waals surface area contributed by atoms with Crippen LogP contribution in [0.2, 0.25) is 5.02 Å². The molecular weight excluding hydrogens is 374 g/mol. The molecule has 0 radical (unpaired) electrons. The zero-order valence-corrected chi connectivity index (χ0v) is 16.5. The van der Waals surface area contributed by atoms with Crippen molar-refractivity contribution in [2.24, 2.45) is 0 Å². The highest BCUT2D eigenvalue weighted by Gasteiger charge is 2.40. The Morgan fingerprint density at radius 1 is 1.11 bits per heavy atom. The lowest BCUT2D eigenvalue weighted by molar-refractivity contribution is -0.122. The molecule has 0 saturated heterocycles. The van der Waals surface area contributed by atoms with E-state index in [4.69, 9.17) is 11.6 Å². The molecule has 28 heavy (non-hydrogen) atoms. The molecule has 0 spiro atoms. The number of nitrogens with one attached hydrogen (secondary N) is 1. The fourth-order valence-corrected chi connectivity index (χ4v) is 4.36. The van der Waals surface area contributed by atoms with Crippen LogP contribution in [0.25, 0.3) is 0 Å². The van der Waals surface area contributed by atoms with Crippen LogP contribution in [-0.4, -0.2) is 22.8 Å². The minimum absolute atomic E-state index is 0.0258. The van der Waals surface area contributed by atoms with Gasteiger partial charge in [-0.3, -0.25) is 19.5 Å². The molecule has 2 amide bonds. The zero-order valence-electron chi connectivity index (χ0n) is 15.7. The van der Waals surface area contributed by atoms with Gasteiger partial charge in [0.05, 0.1) is 23.7 Å². The average Bonchev–Trinajstić information content (AvgIpc) is 2.85. The number of pyridine rings is 1. The number of amides is 2. The van der Waals surface area contributed by atoms with Crippen molar-refractivity contribution in [2.75, 3.05) is 4.90 Å². The summed E-state index contributed by atoms with van der Waals surface area (Å²) in [6, 6.07) is 10.5. The first kappa shape index (κ1) is 18.9. The highest BCUT2D eigenvalue weighted by molar-refractivity contribution is 6.30. The lowest BCUT2D eigenvalue weighted by atomic mass is 10.1. The summed E-state index contributed by atoms with van der Waals surface area (Å²) in [7, 11) is 0. The van der Waals surface area contributed by atoms with Gasteiger partial charge in [-0.2, -0.15) is 0 Å². The molecule has 1 aromatic carbocycles. The Kier molecular flexibility index (Phi) is 5.62. The topological polar surface area (TPSA) is 62.3 Å². The largest absolute Gasteiger partial charge is 0.353 e.